The highest BCUT2D eigenvalue weighted by molar-refractivity contribution is 5.38. The molecule has 2 bridgehead atoms. The van der Waals surface area contributed by atoms with Crippen molar-refractivity contribution in [3.05, 3.63) is 29.1 Å². The molecule has 1 nitrogen and oxygen atoms in total. The normalized spacial score (nSPS) is 34.9. The van der Waals surface area contributed by atoms with E-state index in [1.54, 1.807) is 0 Å². The molecule has 0 unspecified atom stereocenters. The maximum absolute atomic E-state index is 4.77. The van der Waals surface area contributed by atoms with Crippen LogP contribution in [0.5, 0.6) is 0 Å². The van der Waals surface area contributed by atoms with Gasteiger partial charge in [0.1, 0.15) is 0 Å². The molecular weight excluding hydrogens is 194 g/mol. The second kappa shape index (κ2) is 2.88. The first-order valence-electron chi connectivity index (χ1n) is 6.42. The lowest BCUT2D eigenvalue weighted by molar-refractivity contribution is 0.140. The average molecular weight is 215 g/mol. The average Bonchev–Trinajstić information content (AvgIpc) is 2.37. The summed E-state index contributed by atoms with van der Waals surface area (Å²) in [6.07, 6.45) is 3.90. The summed E-state index contributed by atoms with van der Waals surface area (Å²) in [5, 5.41) is 0. The molecule has 0 saturated heterocycles. The Morgan fingerprint density at radius 2 is 2.00 bits per heavy atom. The molecule has 1 heterocycles. The highest BCUT2D eigenvalue weighted by Gasteiger charge is 2.55. The van der Waals surface area contributed by atoms with Gasteiger partial charge in [0, 0.05) is 11.4 Å². The molecule has 3 rings (SSSR count). The lowest BCUT2D eigenvalue weighted by atomic mass is 9.58. The molecule has 0 aliphatic heterocycles. The number of aryl methyl sites for hydroxylation is 1. The van der Waals surface area contributed by atoms with Crippen LogP contribution in [0.1, 0.15) is 50.6 Å². The summed E-state index contributed by atoms with van der Waals surface area (Å²) in [5.74, 6) is 0.833. The summed E-state index contributed by atoms with van der Waals surface area (Å²) in [5.41, 5.74) is 4.87. The first kappa shape index (κ1) is 10.3. The molecule has 0 aromatic carbocycles. The molecule has 1 aromatic heterocycles. The lowest BCUT2D eigenvalue weighted by Crippen LogP contribution is -2.43. The van der Waals surface area contributed by atoms with E-state index < -0.39 is 0 Å². The van der Waals surface area contributed by atoms with E-state index in [9.17, 15) is 0 Å². The third-order valence-electron chi connectivity index (χ3n) is 5.58. The molecule has 2 aliphatic rings. The molecule has 0 N–H and O–H groups in total. The minimum Gasteiger partial charge on any atom is -0.258 e. The van der Waals surface area contributed by atoms with Gasteiger partial charge in [-0.05, 0) is 54.6 Å². The maximum atomic E-state index is 4.77. The van der Waals surface area contributed by atoms with Gasteiger partial charge in [0.2, 0.25) is 0 Å². The Hall–Kier alpha value is -0.850. The smallest absolute Gasteiger partial charge is 0.0447 e. The Kier molecular flexibility index (Phi) is 1.86. The van der Waals surface area contributed by atoms with E-state index in [0.717, 1.165) is 5.92 Å². The number of fused-ring (bicyclic) bond motifs is 4. The molecule has 0 radical (unpaired) electrons. The van der Waals surface area contributed by atoms with Gasteiger partial charge in [0.15, 0.2) is 0 Å². The SMILES string of the molecule is Cc1ccc2c(n1)C[C@@H]1CC[C@@]2(C)C1(C)C. The van der Waals surface area contributed by atoms with Gasteiger partial charge >= 0.3 is 0 Å². The van der Waals surface area contributed by atoms with Crippen LogP contribution >= 0.6 is 0 Å². The van der Waals surface area contributed by atoms with Gasteiger partial charge in [-0.1, -0.05) is 26.8 Å². The van der Waals surface area contributed by atoms with Crippen LogP contribution in [0, 0.1) is 18.3 Å². The zero-order chi connectivity index (χ0) is 11.6. The van der Waals surface area contributed by atoms with Gasteiger partial charge in [-0.25, -0.2) is 0 Å². The van der Waals surface area contributed by atoms with Crippen molar-refractivity contribution in [1.29, 1.82) is 0 Å². The van der Waals surface area contributed by atoms with Crippen molar-refractivity contribution in [2.24, 2.45) is 11.3 Å². The second-order valence-corrected chi connectivity index (χ2v) is 6.44. The lowest BCUT2D eigenvalue weighted by Gasteiger charge is -2.46. The topological polar surface area (TPSA) is 12.9 Å². The van der Waals surface area contributed by atoms with Crippen LogP contribution in [0.2, 0.25) is 0 Å². The summed E-state index contributed by atoms with van der Waals surface area (Å²) in [6, 6.07) is 4.51. The predicted molar refractivity (Wildman–Crippen MR) is 66.5 cm³/mol. The molecule has 0 amide bonds. The molecule has 2 atom stereocenters. The van der Waals surface area contributed by atoms with Crippen LogP contribution < -0.4 is 0 Å². The molecule has 2 aliphatic carbocycles. The Morgan fingerprint density at radius 3 is 2.75 bits per heavy atom. The minimum atomic E-state index is 0.353. The molecule has 16 heavy (non-hydrogen) atoms. The number of rotatable bonds is 0. The van der Waals surface area contributed by atoms with Crippen LogP contribution in [0.3, 0.4) is 0 Å². The zero-order valence-corrected chi connectivity index (χ0v) is 10.8. The van der Waals surface area contributed by atoms with Gasteiger partial charge in [-0.15, -0.1) is 0 Å². The number of nitrogens with zero attached hydrogens (tertiary/aromatic N) is 1. The highest BCUT2D eigenvalue weighted by atomic mass is 14.8. The summed E-state index contributed by atoms with van der Waals surface area (Å²) >= 11 is 0. The molecular formula is C15H21N. The fraction of sp³-hybridized carbons (Fsp3) is 0.667. The monoisotopic (exact) mass is 215 g/mol. The van der Waals surface area contributed by atoms with E-state index in [1.165, 1.54) is 36.2 Å². The van der Waals surface area contributed by atoms with Crippen LogP contribution in [0.4, 0.5) is 0 Å². The molecule has 86 valence electrons. The molecule has 1 heteroatoms. The highest BCUT2D eigenvalue weighted by Crippen LogP contribution is 2.61. The molecule has 1 saturated carbocycles. The summed E-state index contributed by atoms with van der Waals surface area (Å²) < 4.78 is 0. The van der Waals surface area contributed by atoms with E-state index >= 15 is 0 Å². The summed E-state index contributed by atoms with van der Waals surface area (Å²) in [6.45, 7) is 9.45. The third kappa shape index (κ3) is 1.04. The fourth-order valence-electron chi connectivity index (χ4n) is 3.94. The second-order valence-electron chi connectivity index (χ2n) is 6.44. The maximum Gasteiger partial charge on any atom is 0.0447 e. The minimum absolute atomic E-state index is 0.353. The van der Waals surface area contributed by atoms with Crippen molar-refractivity contribution in [2.75, 3.05) is 0 Å². The fourth-order valence-corrected chi connectivity index (χ4v) is 3.94. The van der Waals surface area contributed by atoms with E-state index in [1.807, 2.05) is 0 Å². The third-order valence-corrected chi connectivity index (χ3v) is 5.58. The Bertz CT molecular complexity index is 447. The first-order valence-corrected chi connectivity index (χ1v) is 6.42. The first-order chi connectivity index (χ1) is 7.45. The Balaban J connectivity index is 2.23. The van der Waals surface area contributed by atoms with Gasteiger partial charge < -0.3 is 0 Å². The predicted octanol–water partition coefficient (Wildman–Crippen LogP) is 3.64. The molecule has 1 aromatic rings. The van der Waals surface area contributed by atoms with Crippen molar-refractivity contribution < 1.29 is 0 Å². The Labute approximate surface area is 98.3 Å². The van der Waals surface area contributed by atoms with E-state index in [4.69, 9.17) is 4.98 Å². The van der Waals surface area contributed by atoms with Crippen LogP contribution in [-0.2, 0) is 11.8 Å². The van der Waals surface area contributed by atoms with E-state index in [0.29, 0.717) is 10.8 Å². The van der Waals surface area contributed by atoms with Gasteiger partial charge in [0.05, 0.1) is 0 Å². The summed E-state index contributed by atoms with van der Waals surface area (Å²) in [4.78, 5) is 4.77. The van der Waals surface area contributed by atoms with E-state index in [2.05, 4.69) is 39.8 Å². The summed E-state index contributed by atoms with van der Waals surface area (Å²) in [7, 11) is 0. The molecule has 1 fully saturated rings. The van der Waals surface area contributed by atoms with E-state index in [-0.39, 0.29) is 0 Å². The largest absolute Gasteiger partial charge is 0.258 e. The number of aromatic nitrogens is 1. The van der Waals surface area contributed by atoms with Crippen molar-refractivity contribution >= 4 is 0 Å². The standard InChI is InChI=1S/C15H21N/c1-10-5-6-12-13(16-10)9-11-7-8-15(12,4)14(11,2)3/h5-6,11H,7-9H2,1-4H3/t11-,15+/m0/s1. The number of hydrogen-bond donors (Lipinski definition) is 0. The number of hydrogen-bond acceptors (Lipinski definition) is 1. The number of pyridine rings is 1. The van der Waals surface area contributed by atoms with Crippen molar-refractivity contribution in [3.63, 3.8) is 0 Å². The van der Waals surface area contributed by atoms with Gasteiger partial charge in [0.25, 0.3) is 0 Å². The van der Waals surface area contributed by atoms with Gasteiger partial charge in [-0.3, -0.25) is 4.98 Å². The quantitative estimate of drug-likeness (QED) is 0.644. The zero-order valence-electron chi connectivity index (χ0n) is 10.8. The van der Waals surface area contributed by atoms with Crippen LogP contribution in [0.15, 0.2) is 12.1 Å². The van der Waals surface area contributed by atoms with Crippen molar-refractivity contribution in [3.8, 4) is 0 Å². The Morgan fingerprint density at radius 1 is 1.25 bits per heavy atom. The van der Waals surface area contributed by atoms with Crippen molar-refractivity contribution in [2.45, 2.75) is 52.4 Å². The van der Waals surface area contributed by atoms with Crippen molar-refractivity contribution in [1.82, 2.24) is 4.98 Å². The molecule has 0 spiro atoms. The van der Waals surface area contributed by atoms with Crippen LogP contribution in [-0.4, -0.2) is 4.98 Å². The van der Waals surface area contributed by atoms with Crippen LogP contribution in [0.25, 0.3) is 0 Å². The van der Waals surface area contributed by atoms with Gasteiger partial charge in [-0.2, -0.15) is 0 Å².